The second-order valence-corrected chi connectivity index (χ2v) is 3.86. The van der Waals surface area contributed by atoms with Crippen molar-refractivity contribution in [2.24, 2.45) is 0 Å². The van der Waals surface area contributed by atoms with Crippen molar-refractivity contribution in [2.75, 3.05) is 31.4 Å². The molecule has 0 saturated heterocycles. The van der Waals surface area contributed by atoms with Crippen LogP contribution in [0.25, 0.3) is 0 Å². The van der Waals surface area contributed by atoms with E-state index in [0.29, 0.717) is 30.7 Å². The quantitative estimate of drug-likeness (QED) is 0.714. The van der Waals surface area contributed by atoms with Gasteiger partial charge in [-0.2, -0.15) is 0 Å². The lowest BCUT2D eigenvalue weighted by Crippen LogP contribution is -2.28. The number of hydrogen-bond donors (Lipinski definition) is 2. The number of carbonyl (C=O) groups is 1. The first kappa shape index (κ1) is 15.2. The van der Waals surface area contributed by atoms with Gasteiger partial charge in [-0.05, 0) is 13.8 Å². The Morgan fingerprint density at radius 1 is 1.42 bits per heavy atom. The summed E-state index contributed by atoms with van der Waals surface area (Å²) in [5.74, 6) is 1.42. The molecule has 0 saturated carbocycles. The van der Waals surface area contributed by atoms with E-state index in [1.165, 1.54) is 0 Å². The Bertz CT molecular complexity index is 425. The van der Waals surface area contributed by atoms with Gasteiger partial charge in [0.05, 0.1) is 6.61 Å². The zero-order valence-corrected chi connectivity index (χ0v) is 11.7. The molecule has 1 heterocycles. The van der Waals surface area contributed by atoms with Crippen LogP contribution in [0.3, 0.4) is 0 Å². The number of aromatic nitrogens is 2. The van der Waals surface area contributed by atoms with Crippen LogP contribution in [0.1, 0.15) is 19.7 Å². The minimum absolute atomic E-state index is 0.304. The molecule has 0 radical (unpaired) electrons. The van der Waals surface area contributed by atoms with Crippen molar-refractivity contribution in [3.8, 4) is 0 Å². The van der Waals surface area contributed by atoms with E-state index in [9.17, 15) is 4.79 Å². The Morgan fingerprint density at radius 3 is 2.68 bits per heavy atom. The third-order valence-electron chi connectivity index (χ3n) is 2.31. The first-order valence-corrected chi connectivity index (χ1v) is 6.08. The van der Waals surface area contributed by atoms with Crippen LogP contribution in [-0.4, -0.2) is 42.7 Å². The summed E-state index contributed by atoms with van der Waals surface area (Å²) in [6.45, 7) is 4.14. The molecule has 1 aromatic heterocycles. The molecule has 1 atom stereocenters. The van der Waals surface area contributed by atoms with Crippen LogP contribution in [0.15, 0.2) is 6.07 Å². The monoisotopic (exact) mass is 268 g/mol. The van der Waals surface area contributed by atoms with Gasteiger partial charge in [0, 0.05) is 20.2 Å². The molecule has 0 spiro atoms. The highest BCUT2D eigenvalue weighted by atomic mass is 16.5. The number of ether oxygens (including phenoxy) is 2. The number of methoxy groups -OCH3 is 1. The Kier molecular flexibility index (Phi) is 6.01. The maximum absolute atomic E-state index is 11.5. The summed E-state index contributed by atoms with van der Waals surface area (Å²) in [4.78, 5) is 20.0. The number of anilines is 2. The topological polar surface area (TPSA) is 85.4 Å². The van der Waals surface area contributed by atoms with Crippen molar-refractivity contribution in [1.82, 2.24) is 9.97 Å². The maximum atomic E-state index is 11.5. The van der Waals surface area contributed by atoms with E-state index in [1.54, 1.807) is 34.1 Å². The molecule has 0 aliphatic rings. The van der Waals surface area contributed by atoms with Crippen molar-refractivity contribution in [1.29, 1.82) is 0 Å². The molecule has 0 amide bonds. The molecular formula is C12H20N4O3. The number of esters is 1. The molecule has 2 N–H and O–H groups in total. The van der Waals surface area contributed by atoms with Crippen LogP contribution in [-0.2, 0) is 20.9 Å². The van der Waals surface area contributed by atoms with E-state index in [2.05, 4.69) is 20.6 Å². The zero-order chi connectivity index (χ0) is 14.3. The van der Waals surface area contributed by atoms with Gasteiger partial charge in [0.2, 0.25) is 0 Å². The summed E-state index contributed by atoms with van der Waals surface area (Å²) < 4.78 is 9.93. The number of nitrogens with zero attached hydrogens (tertiary/aromatic N) is 2. The van der Waals surface area contributed by atoms with Crippen LogP contribution in [0.2, 0.25) is 0 Å². The first-order chi connectivity index (χ1) is 9.10. The highest BCUT2D eigenvalue weighted by Crippen LogP contribution is 2.12. The van der Waals surface area contributed by atoms with Crippen LogP contribution >= 0.6 is 0 Å². The molecule has 0 aliphatic carbocycles. The summed E-state index contributed by atoms with van der Waals surface area (Å²) in [5.41, 5.74) is 0. The summed E-state index contributed by atoms with van der Waals surface area (Å²) in [6.07, 6.45) is 0. The van der Waals surface area contributed by atoms with Gasteiger partial charge in [-0.15, -0.1) is 0 Å². The van der Waals surface area contributed by atoms with Gasteiger partial charge in [0.25, 0.3) is 0 Å². The first-order valence-electron chi connectivity index (χ1n) is 6.08. The SMILES string of the molecule is CCOC(=O)C(C)Nc1cc(NC)nc(COC)n1. The lowest BCUT2D eigenvalue weighted by Gasteiger charge is -2.14. The van der Waals surface area contributed by atoms with Gasteiger partial charge in [0.1, 0.15) is 24.3 Å². The molecular weight excluding hydrogens is 248 g/mol. The maximum Gasteiger partial charge on any atom is 0.328 e. The smallest absolute Gasteiger partial charge is 0.328 e. The van der Waals surface area contributed by atoms with E-state index in [1.807, 2.05) is 0 Å². The van der Waals surface area contributed by atoms with Gasteiger partial charge in [-0.25, -0.2) is 14.8 Å². The molecule has 0 aliphatic heterocycles. The van der Waals surface area contributed by atoms with E-state index >= 15 is 0 Å². The van der Waals surface area contributed by atoms with Gasteiger partial charge >= 0.3 is 5.97 Å². The van der Waals surface area contributed by atoms with Crippen LogP contribution in [0.5, 0.6) is 0 Å². The van der Waals surface area contributed by atoms with Crippen molar-refractivity contribution >= 4 is 17.6 Å². The van der Waals surface area contributed by atoms with E-state index in [0.717, 1.165) is 0 Å². The normalized spacial score (nSPS) is 11.8. The fraction of sp³-hybridized carbons (Fsp3) is 0.583. The molecule has 0 aromatic carbocycles. The number of nitrogens with one attached hydrogen (secondary N) is 2. The molecule has 19 heavy (non-hydrogen) atoms. The van der Waals surface area contributed by atoms with E-state index in [-0.39, 0.29) is 5.97 Å². The highest BCUT2D eigenvalue weighted by Gasteiger charge is 2.15. The summed E-state index contributed by atoms with van der Waals surface area (Å²) in [7, 11) is 3.33. The predicted octanol–water partition coefficient (Wildman–Crippen LogP) is 1.03. The van der Waals surface area contributed by atoms with E-state index in [4.69, 9.17) is 9.47 Å². The number of rotatable bonds is 7. The fourth-order valence-corrected chi connectivity index (χ4v) is 1.44. The van der Waals surface area contributed by atoms with Crippen molar-refractivity contribution in [3.63, 3.8) is 0 Å². The molecule has 0 fully saturated rings. The third-order valence-corrected chi connectivity index (χ3v) is 2.31. The molecule has 7 nitrogen and oxygen atoms in total. The fourth-order valence-electron chi connectivity index (χ4n) is 1.44. The summed E-state index contributed by atoms with van der Waals surface area (Å²) in [5, 5.41) is 5.91. The van der Waals surface area contributed by atoms with Crippen molar-refractivity contribution in [2.45, 2.75) is 26.5 Å². The second kappa shape index (κ2) is 7.52. The Balaban J connectivity index is 2.81. The van der Waals surface area contributed by atoms with Gasteiger partial charge in [0.15, 0.2) is 5.82 Å². The van der Waals surface area contributed by atoms with Crippen LogP contribution in [0, 0.1) is 0 Å². The minimum Gasteiger partial charge on any atom is -0.464 e. The van der Waals surface area contributed by atoms with E-state index < -0.39 is 6.04 Å². The number of hydrogen-bond acceptors (Lipinski definition) is 7. The van der Waals surface area contributed by atoms with Gasteiger partial charge < -0.3 is 20.1 Å². The molecule has 106 valence electrons. The molecule has 1 aromatic rings. The Hall–Kier alpha value is -1.89. The van der Waals surface area contributed by atoms with Gasteiger partial charge in [-0.1, -0.05) is 0 Å². The Labute approximate surface area is 112 Å². The lowest BCUT2D eigenvalue weighted by molar-refractivity contribution is -0.143. The second-order valence-electron chi connectivity index (χ2n) is 3.86. The summed E-state index contributed by atoms with van der Waals surface area (Å²) >= 11 is 0. The molecule has 1 rings (SSSR count). The molecule has 0 bridgehead atoms. The molecule has 7 heteroatoms. The average Bonchev–Trinajstić information content (AvgIpc) is 2.39. The van der Waals surface area contributed by atoms with Crippen LogP contribution < -0.4 is 10.6 Å². The minimum atomic E-state index is -0.477. The lowest BCUT2D eigenvalue weighted by atomic mass is 10.3. The summed E-state index contributed by atoms with van der Waals surface area (Å²) in [6, 6.07) is 1.24. The standard InChI is InChI=1S/C12H20N4O3/c1-5-19-12(17)8(2)14-10-6-9(13-3)15-11(16-10)7-18-4/h6,8H,5,7H2,1-4H3,(H2,13,14,15,16). The highest BCUT2D eigenvalue weighted by molar-refractivity contribution is 5.78. The molecule has 1 unspecified atom stereocenters. The van der Waals surface area contributed by atoms with Crippen LogP contribution in [0.4, 0.5) is 11.6 Å². The Morgan fingerprint density at radius 2 is 2.11 bits per heavy atom. The average molecular weight is 268 g/mol. The third kappa shape index (κ3) is 4.70. The largest absolute Gasteiger partial charge is 0.464 e. The van der Waals surface area contributed by atoms with Gasteiger partial charge in [-0.3, -0.25) is 0 Å². The van der Waals surface area contributed by atoms with Crippen molar-refractivity contribution in [3.05, 3.63) is 11.9 Å². The van der Waals surface area contributed by atoms with Crippen molar-refractivity contribution < 1.29 is 14.3 Å². The predicted molar refractivity (Wildman–Crippen MR) is 72.0 cm³/mol. The number of carbonyl (C=O) groups excluding carboxylic acids is 1. The zero-order valence-electron chi connectivity index (χ0n) is 11.7.